The highest BCUT2D eigenvalue weighted by Crippen LogP contribution is 2.26. The summed E-state index contributed by atoms with van der Waals surface area (Å²) in [5, 5.41) is 0.829. The van der Waals surface area contributed by atoms with Crippen LogP contribution in [0.3, 0.4) is 0 Å². The van der Waals surface area contributed by atoms with Crippen molar-refractivity contribution in [2.75, 3.05) is 0 Å². The quantitative estimate of drug-likeness (QED) is 0.534. The van der Waals surface area contributed by atoms with Gasteiger partial charge >= 0.3 is 0 Å². The Labute approximate surface area is 73.5 Å². The molecule has 0 N–H and O–H groups in total. The fraction of sp³-hybridized carbons (Fsp3) is 0.400. The molecule has 1 aromatic heterocycles. The van der Waals surface area contributed by atoms with Crippen LogP contribution < -0.4 is 0 Å². The average molecular weight is 197 g/mol. The molecule has 1 aromatic rings. The summed E-state index contributed by atoms with van der Waals surface area (Å²) in [4.78, 5) is 4.01. The van der Waals surface area contributed by atoms with E-state index in [9.17, 15) is 0 Å². The van der Waals surface area contributed by atoms with Gasteiger partial charge in [-0.05, 0) is 0 Å². The molecule has 0 bridgehead atoms. The van der Waals surface area contributed by atoms with Gasteiger partial charge in [0.15, 0.2) is 9.32 Å². The highest BCUT2D eigenvalue weighted by molar-refractivity contribution is 8.02. The Kier molecular flexibility index (Phi) is 2.89. The lowest BCUT2D eigenvalue weighted by Crippen LogP contribution is -1.90. The van der Waals surface area contributed by atoms with Crippen LogP contribution in [0.25, 0.3) is 0 Å². The van der Waals surface area contributed by atoms with Crippen molar-refractivity contribution in [3.05, 3.63) is 12.4 Å². The molecule has 0 aliphatic rings. The van der Waals surface area contributed by atoms with Crippen LogP contribution in [0.4, 0.5) is 0 Å². The zero-order valence-electron chi connectivity index (χ0n) is 5.29. The minimum atomic E-state index is -0.443. The summed E-state index contributed by atoms with van der Waals surface area (Å²) in [7, 11) is 1.89. The lowest BCUT2D eigenvalue weighted by atomic mass is 10.9. The van der Waals surface area contributed by atoms with Crippen molar-refractivity contribution in [3.8, 4) is 0 Å². The van der Waals surface area contributed by atoms with Gasteiger partial charge in [0, 0.05) is 19.4 Å². The number of imidazole rings is 1. The number of nitrogens with zero attached hydrogens (tertiary/aromatic N) is 2. The molecule has 0 amide bonds. The fourth-order valence-electron chi connectivity index (χ4n) is 0.545. The molecule has 5 heteroatoms. The van der Waals surface area contributed by atoms with Crippen molar-refractivity contribution >= 4 is 35.0 Å². The Bertz CT molecular complexity index is 211. The fourth-order valence-corrected chi connectivity index (χ4v) is 1.53. The molecule has 0 atom stereocenters. The molecule has 1 heterocycles. The van der Waals surface area contributed by atoms with Gasteiger partial charge in [0.2, 0.25) is 0 Å². The number of hydrogen-bond acceptors (Lipinski definition) is 2. The summed E-state index contributed by atoms with van der Waals surface area (Å²) in [6, 6.07) is 0. The molecule has 0 spiro atoms. The molecule has 0 saturated heterocycles. The SMILES string of the molecule is Cn1ccnc1SC(Cl)Cl. The van der Waals surface area contributed by atoms with Crippen LogP contribution in [0.5, 0.6) is 0 Å². The van der Waals surface area contributed by atoms with Crippen molar-refractivity contribution in [1.82, 2.24) is 9.55 Å². The van der Waals surface area contributed by atoms with Gasteiger partial charge in [-0.2, -0.15) is 0 Å². The average Bonchev–Trinajstić information content (AvgIpc) is 2.15. The van der Waals surface area contributed by atoms with Crippen LogP contribution in [0, 0.1) is 0 Å². The number of aryl methyl sites for hydroxylation is 1. The van der Waals surface area contributed by atoms with Crippen molar-refractivity contribution in [1.29, 1.82) is 0 Å². The van der Waals surface area contributed by atoms with E-state index in [1.54, 1.807) is 6.20 Å². The maximum absolute atomic E-state index is 5.52. The van der Waals surface area contributed by atoms with Crippen LogP contribution in [0.1, 0.15) is 0 Å². The van der Waals surface area contributed by atoms with Gasteiger partial charge in [-0.1, -0.05) is 35.0 Å². The number of halogens is 2. The highest BCUT2D eigenvalue weighted by Gasteiger charge is 2.04. The molecular weight excluding hydrogens is 191 g/mol. The summed E-state index contributed by atoms with van der Waals surface area (Å²) in [5.41, 5.74) is 0. The molecule has 0 unspecified atom stereocenters. The topological polar surface area (TPSA) is 17.8 Å². The van der Waals surface area contributed by atoms with Gasteiger partial charge in [-0.3, -0.25) is 0 Å². The molecule has 56 valence electrons. The summed E-state index contributed by atoms with van der Waals surface area (Å²) in [6.07, 6.45) is 3.55. The van der Waals surface area contributed by atoms with Crippen LogP contribution in [-0.4, -0.2) is 13.7 Å². The maximum atomic E-state index is 5.52. The van der Waals surface area contributed by atoms with E-state index >= 15 is 0 Å². The lowest BCUT2D eigenvalue weighted by molar-refractivity contribution is 0.791. The van der Waals surface area contributed by atoms with E-state index in [1.165, 1.54) is 11.8 Å². The summed E-state index contributed by atoms with van der Waals surface area (Å²) < 4.78 is 1.42. The molecule has 10 heavy (non-hydrogen) atoms. The Morgan fingerprint density at radius 1 is 1.70 bits per heavy atom. The first kappa shape index (κ1) is 8.24. The molecule has 2 nitrogen and oxygen atoms in total. The van der Waals surface area contributed by atoms with Gasteiger partial charge in [-0.15, -0.1) is 0 Å². The number of thioether (sulfide) groups is 1. The predicted molar refractivity (Wildman–Crippen MR) is 44.6 cm³/mol. The third-order valence-corrected chi connectivity index (χ3v) is 2.29. The molecule has 0 radical (unpaired) electrons. The van der Waals surface area contributed by atoms with E-state index in [4.69, 9.17) is 23.2 Å². The molecule has 0 aromatic carbocycles. The maximum Gasteiger partial charge on any atom is 0.170 e. The first-order chi connectivity index (χ1) is 4.70. The number of rotatable bonds is 2. The second-order valence-corrected chi connectivity index (χ2v) is 4.39. The van der Waals surface area contributed by atoms with Crippen molar-refractivity contribution in [2.24, 2.45) is 7.05 Å². The first-order valence-corrected chi connectivity index (χ1v) is 4.37. The number of aromatic nitrogens is 2. The molecular formula is C5H6Cl2N2S. The minimum Gasteiger partial charge on any atom is -0.329 e. The van der Waals surface area contributed by atoms with Gasteiger partial charge in [0.25, 0.3) is 0 Å². The summed E-state index contributed by atoms with van der Waals surface area (Å²) >= 11 is 12.3. The van der Waals surface area contributed by atoms with Crippen molar-refractivity contribution in [3.63, 3.8) is 0 Å². The van der Waals surface area contributed by atoms with E-state index in [1.807, 2.05) is 17.8 Å². The molecule has 1 rings (SSSR count). The zero-order valence-corrected chi connectivity index (χ0v) is 7.62. The van der Waals surface area contributed by atoms with Gasteiger partial charge < -0.3 is 4.57 Å². The summed E-state index contributed by atoms with van der Waals surface area (Å²) in [5.74, 6) is 0. The monoisotopic (exact) mass is 196 g/mol. The highest BCUT2D eigenvalue weighted by atomic mass is 35.5. The standard InChI is InChI=1S/C5H6Cl2N2S/c1-9-3-2-8-5(9)10-4(6)7/h2-4H,1H3. The molecule has 0 saturated carbocycles. The number of hydrogen-bond donors (Lipinski definition) is 0. The molecule has 0 aliphatic heterocycles. The van der Waals surface area contributed by atoms with E-state index < -0.39 is 4.17 Å². The smallest absolute Gasteiger partial charge is 0.170 e. The van der Waals surface area contributed by atoms with Crippen molar-refractivity contribution in [2.45, 2.75) is 9.32 Å². The largest absolute Gasteiger partial charge is 0.329 e. The van der Waals surface area contributed by atoms with Crippen LogP contribution in [0.2, 0.25) is 0 Å². The van der Waals surface area contributed by atoms with Gasteiger partial charge in [-0.25, -0.2) is 4.98 Å². The van der Waals surface area contributed by atoms with Gasteiger partial charge in [0.1, 0.15) is 0 Å². The Hall–Kier alpha value is 0.140. The van der Waals surface area contributed by atoms with Crippen LogP contribution in [0.15, 0.2) is 17.6 Å². The lowest BCUT2D eigenvalue weighted by Gasteiger charge is -1.99. The van der Waals surface area contributed by atoms with E-state index in [-0.39, 0.29) is 0 Å². The van der Waals surface area contributed by atoms with E-state index in [0.29, 0.717) is 0 Å². The van der Waals surface area contributed by atoms with Crippen molar-refractivity contribution < 1.29 is 0 Å². The third kappa shape index (κ3) is 2.08. The van der Waals surface area contributed by atoms with E-state index in [0.717, 1.165) is 5.16 Å². The zero-order chi connectivity index (χ0) is 7.56. The van der Waals surface area contributed by atoms with Crippen LogP contribution in [-0.2, 0) is 7.05 Å². The molecule has 0 aliphatic carbocycles. The van der Waals surface area contributed by atoms with Gasteiger partial charge in [0.05, 0.1) is 0 Å². The second-order valence-electron chi connectivity index (χ2n) is 1.70. The number of alkyl halides is 2. The van der Waals surface area contributed by atoms with Crippen LogP contribution >= 0.6 is 35.0 Å². The Morgan fingerprint density at radius 2 is 2.40 bits per heavy atom. The summed E-state index contributed by atoms with van der Waals surface area (Å²) in [6.45, 7) is 0. The normalized spacial score (nSPS) is 10.8. The molecule has 0 fully saturated rings. The Balaban J connectivity index is 2.65. The minimum absolute atomic E-state index is 0.443. The third-order valence-electron chi connectivity index (χ3n) is 0.971. The second kappa shape index (κ2) is 3.51. The van der Waals surface area contributed by atoms with E-state index in [2.05, 4.69) is 4.98 Å². The first-order valence-electron chi connectivity index (χ1n) is 2.62. The predicted octanol–water partition coefficient (Wildman–Crippen LogP) is 2.27. The Morgan fingerprint density at radius 3 is 2.80 bits per heavy atom.